The van der Waals surface area contributed by atoms with E-state index in [-0.39, 0.29) is 10.8 Å². The molecule has 1 aromatic rings. The van der Waals surface area contributed by atoms with E-state index >= 15 is 0 Å². The van der Waals surface area contributed by atoms with Gasteiger partial charge in [0.25, 0.3) is 0 Å². The van der Waals surface area contributed by atoms with Crippen molar-refractivity contribution >= 4 is 6.29 Å². The highest BCUT2D eigenvalue weighted by Gasteiger charge is 2.37. The van der Waals surface area contributed by atoms with E-state index in [0.29, 0.717) is 13.0 Å². The first-order chi connectivity index (χ1) is 9.81. The van der Waals surface area contributed by atoms with Gasteiger partial charge in [-0.15, -0.1) is 0 Å². The van der Waals surface area contributed by atoms with E-state index in [1.54, 1.807) is 0 Å². The number of aldehydes is 1. The SMILES string of the molecule is CCCOc1cc2c(cc1CC=O)C(C)(C)CCC2(C)C. The fraction of sp³-hybridized carbons (Fsp3) is 0.632. The zero-order valence-electron chi connectivity index (χ0n) is 14.1. The molecule has 0 saturated carbocycles. The summed E-state index contributed by atoms with van der Waals surface area (Å²) in [6.45, 7) is 12.0. The standard InChI is InChI=1S/C19H28O2/c1-6-11-21-17-13-16-15(12-14(17)7-10-20)18(2,3)8-9-19(16,4)5/h10,12-13H,6-9,11H2,1-5H3. The number of hydrogen-bond acceptors (Lipinski definition) is 2. The fourth-order valence-corrected chi connectivity index (χ4v) is 3.23. The molecule has 0 aromatic heterocycles. The maximum Gasteiger partial charge on any atom is 0.124 e. The summed E-state index contributed by atoms with van der Waals surface area (Å²) in [5.41, 5.74) is 4.16. The molecule has 0 bridgehead atoms. The second-order valence-electron chi connectivity index (χ2n) is 7.49. The average molecular weight is 288 g/mol. The Morgan fingerprint density at radius 3 is 2.19 bits per heavy atom. The maximum atomic E-state index is 11.0. The molecule has 2 heteroatoms. The maximum absolute atomic E-state index is 11.0. The van der Waals surface area contributed by atoms with Crippen LogP contribution in [0, 0.1) is 0 Å². The second kappa shape index (κ2) is 5.82. The third-order valence-electron chi connectivity index (χ3n) is 4.80. The minimum atomic E-state index is 0.172. The largest absolute Gasteiger partial charge is 0.493 e. The molecule has 2 nitrogen and oxygen atoms in total. The normalized spacial score (nSPS) is 18.9. The smallest absolute Gasteiger partial charge is 0.124 e. The summed E-state index contributed by atoms with van der Waals surface area (Å²) in [5.74, 6) is 0.897. The van der Waals surface area contributed by atoms with Crippen molar-refractivity contribution in [2.24, 2.45) is 0 Å². The molecule has 2 rings (SSSR count). The van der Waals surface area contributed by atoms with Gasteiger partial charge in [0.2, 0.25) is 0 Å². The number of carbonyl (C=O) groups is 1. The summed E-state index contributed by atoms with van der Waals surface area (Å²) in [7, 11) is 0. The summed E-state index contributed by atoms with van der Waals surface area (Å²) >= 11 is 0. The Balaban J connectivity index is 2.57. The first-order valence-corrected chi connectivity index (χ1v) is 8.06. The van der Waals surface area contributed by atoms with Crippen LogP contribution in [0.2, 0.25) is 0 Å². The predicted octanol–water partition coefficient (Wildman–Crippen LogP) is 4.57. The predicted molar refractivity (Wildman–Crippen MR) is 87.3 cm³/mol. The number of fused-ring (bicyclic) bond motifs is 1. The van der Waals surface area contributed by atoms with Gasteiger partial charge in [-0.25, -0.2) is 0 Å². The zero-order chi connectivity index (χ0) is 15.7. The van der Waals surface area contributed by atoms with Crippen LogP contribution < -0.4 is 4.74 Å². The van der Waals surface area contributed by atoms with Crippen LogP contribution in [0.4, 0.5) is 0 Å². The molecule has 0 radical (unpaired) electrons. The van der Waals surface area contributed by atoms with E-state index in [1.807, 2.05) is 0 Å². The number of carbonyl (C=O) groups excluding carboxylic acids is 1. The van der Waals surface area contributed by atoms with Gasteiger partial charge in [0.05, 0.1) is 6.61 Å². The van der Waals surface area contributed by atoms with E-state index in [0.717, 1.165) is 24.0 Å². The lowest BCUT2D eigenvalue weighted by atomic mass is 9.63. The van der Waals surface area contributed by atoms with Gasteiger partial charge < -0.3 is 9.53 Å². The minimum Gasteiger partial charge on any atom is -0.493 e. The third-order valence-corrected chi connectivity index (χ3v) is 4.80. The van der Waals surface area contributed by atoms with Crippen molar-refractivity contribution in [3.05, 3.63) is 28.8 Å². The summed E-state index contributed by atoms with van der Waals surface area (Å²) in [6, 6.07) is 4.42. The Bertz CT molecular complexity index is 527. The van der Waals surface area contributed by atoms with Crippen LogP contribution in [-0.2, 0) is 22.0 Å². The summed E-state index contributed by atoms with van der Waals surface area (Å²) in [6.07, 6.45) is 4.76. The van der Waals surface area contributed by atoms with Gasteiger partial charge in [-0.1, -0.05) is 40.7 Å². The van der Waals surface area contributed by atoms with Crippen LogP contribution in [0.1, 0.15) is 70.6 Å². The molecule has 0 unspecified atom stereocenters. The lowest BCUT2D eigenvalue weighted by molar-refractivity contribution is -0.107. The Labute approximate surface area is 128 Å². The molecule has 0 aliphatic heterocycles. The van der Waals surface area contributed by atoms with Gasteiger partial charge in [-0.2, -0.15) is 0 Å². The van der Waals surface area contributed by atoms with Crippen LogP contribution in [0.5, 0.6) is 5.75 Å². The van der Waals surface area contributed by atoms with Crippen molar-refractivity contribution in [2.45, 2.75) is 71.1 Å². The van der Waals surface area contributed by atoms with E-state index < -0.39 is 0 Å². The Morgan fingerprint density at radius 2 is 1.67 bits per heavy atom. The molecule has 0 amide bonds. The van der Waals surface area contributed by atoms with Crippen LogP contribution in [0.3, 0.4) is 0 Å². The van der Waals surface area contributed by atoms with Crippen molar-refractivity contribution in [3.8, 4) is 5.75 Å². The van der Waals surface area contributed by atoms with Crippen LogP contribution in [-0.4, -0.2) is 12.9 Å². The van der Waals surface area contributed by atoms with Gasteiger partial charge in [0, 0.05) is 12.0 Å². The number of hydrogen-bond donors (Lipinski definition) is 0. The van der Waals surface area contributed by atoms with Crippen molar-refractivity contribution in [1.82, 2.24) is 0 Å². The fourth-order valence-electron chi connectivity index (χ4n) is 3.23. The van der Waals surface area contributed by atoms with Gasteiger partial charge >= 0.3 is 0 Å². The third kappa shape index (κ3) is 3.14. The molecule has 0 N–H and O–H groups in total. The van der Waals surface area contributed by atoms with Crippen LogP contribution in [0.15, 0.2) is 12.1 Å². The van der Waals surface area contributed by atoms with Crippen LogP contribution >= 0.6 is 0 Å². The lowest BCUT2D eigenvalue weighted by Gasteiger charge is -2.42. The van der Waals surface area contributed by atoms with Crippen molar-refractivity contribution in [2.75, 3.05) is 6.61 Å². The molecule has 1 aliphatic carbocycles. The Morgan fingerprint density at radius 1 is 1.10 bits per heavy atom. The first-order valence-electron chi connectivity index (χ1n) is 8.06. The summed E-state index contributed by atoms with van der Waals surface area (Å²) in [4.78, 5) is 11.0. The highest BCUT2D eigenvalue weighted by atomic mass is 16.5. The highest BCUT2D eigenvalue weighted by molar-refractivity contribution is 5.60. The van der Waals surface area contributed by atoms with Gasteiger partial charge in [-0.05, 0) is 47.3 Å². The molecule has 21 heavy (non-hydrogen) atoms. The number of benzene rings is 1. The second-order valence-corrected chi connectivity index (χ2v) is 7.49. The zero-order valence-corrected chi connectivity index (χ0v) is 14.1. The summed E-state index contributed by atoms with van der Waals surface area (Å²) < 4.78 is 5.91. The topological polar surface area (TPSA) is 26.3 Å². The van der Waals surface area contributed by atoms with Gasteiger partial charge in [0.15, 0.2) is 0 Å². The molecular formula is C19H28O2. The lowest BCUT2D eigenvalue weighted by Crippen LogP contribution is -2.34. The Hall–Kier alpha value is -1.31. The monoisotopic (exact) mass is 288 g/mol. The van der Waals surface area contributed by atoms with Crippen molar-refractivity contribution in [3.63, 3.8) is 0 Å². The van der Waals surface area contributed by atoms with Crippen LogP contribution in [0.25, 0.3) is 0 Å². The van der Waals surface area contributed by atoms with E-state index in [2.05, 4.69) is 46.8 Å². The molecule has 0 heterocycles. The van der Waals surface area contributed by atoms with E-state index in [9.17, 15) is 4.79 Å². The van der Waals surface area contributed by atoms with Gasteiger partial charge in [0.1, 0.15) is 12.0 Å². The number of ether oxygens (including phenoxy) is 1. The first kappa shape index (κ1) is 16.1. The van der Waals surface area contributed by atoms with E-state index in [4.69, 9.17) is 4.74 Å². The number of rotatable bonds is 5. The molecule has 0 atom stereocenters. The average Bonchev–Trinajstić information content (AvgIpc) is 2.42. The Kier molecular flexibility index (Phi) is 4.46. The molecule has 1 aliphatic rings. The minimum absolute atomic E-state index is 0.172. The highest BCUT2D eigenvalue weighted by Crippen LogP contribution is 2.47. The molecule has 0 spiro atoms. The van der Waals surface area contributed by atoms with E-state index in [1.165, 1.54) is 24.0 Å². The quantitative estimate of drug-likeness (QED) is 0.742. The molecular weight excluding hydrogens is 260 g/mol. The summed E-state index contributed by atoms with van der Waals surface area (Å²) in [5, 5.41) is 0. The molecule has 1 aromatic carbocycles. The van der Waals surface area contributed by atoms with Crippen molar-refractivity contribution < 1.29 is 9.53 Å². The van der Waals surface area contributed by atoms with Gasteiger partial charge in [-0.3, -0.25) is 0 Å². The molecule has 0 fully saturated rings. The van der Waals surface area contributed by atoms with Crippen molar-refractivity contribution in [1.29, 1.82) is 0 Å². The molecule has 0 saturated heterocycles. The molecule has 116 valence electrons.